The first kappa shape index (κ1) is 13.9. The minimum atomic E-state index is -0.540. The Labute approximate surface area is 126 Å². The molecule has 1 heterocycles. The molecule has 0 radical (unpaired) electrons. The molecule has 2 N–H and O–H groups in total. The second-order valence-electron chi connectivity index (χ2n) is 4.91. The lowest BCUT2D eigenvalue weighted by Crippen LogP contribution is -2.13. The van der Waals surface area contributed by atoms with Gasteiger partial charge in [-0.15, -0.1) is 0 Å². The van der Waals surface area contributed by atoms with Gasteiger partial charge in [0.1, 0.15) is 6.61 Å². The van der Waals surface area contributed by atoms with Crippen LogP contribution in [0.1, 0.15) is 5.56 Å². The Hall–Kier alpha value is -3.02. The number of nitrogens with zero attached hydrogens (tertiary/aromatic N) is 1. The number of H-pyrrole nitrogens is 1. The Kier molecular flexibility index (Phi) is 3.65. The maximum Gasteiger partial charge on any atom is 0.411 e. The van der Waals surface area contributed by atoms with E-state index < -0.39 is 6.09 Å². The number of rotatable bonds is 3. The summed E-state index contributed by atoms with van der Waals surface area (Å²) < 4.78 is 6.65. The molecule has 112 valence electrons. The quantitative estimate of drug-likeness (QED) is 0.780. The zero-order valence-corrected chi connectivity index (χ0v) is 12.0. The Morgan fingerprint density at radius 2 is 2.00 bits per heavy atom. The Balaban J connectivity index is 1.67. The minimum absolute atomic E-state index is 0.196. The van der Waals surface area contributed by atoms with Crippen molar-refractivity contribution in [1.29, 1.82) is 0 Å². The van der Waals surface area contributed by atoms with Crippen molar-refractivity contribution in [3.63, 3.8) is 0 Å². The number of carbonyl (C=O) groups is 1. The van der Waals surface area contributed by atoms with E-state index in [2.05, 4.69) is 10.3 Å². The van der Waals surface area contributed by atoms with E-state index in [1.807, 2.05) is 30.3 Å². The van der Waals surface area contributed by atoms with Crippen LogP contribution in [0.15, 0.2) is 53.3 Å². The lowest BCUT2D eigenvalue weighted by molar-refractivity contribution is 0.155. The molecule has 1 aromatic heterocycles. The molecule has 6 heteroatoms. The summed E-state index contributed by atoms with van der Waals surface area (Å²) in [6.07, 6.45) is -0.540. The average Bonchev–Trinajstić information content (AvgIpc) is 2.81. The fourth-order valence-electron chi connectivity index (χ4n) is 2.19. The van der Waals surface area contributed by atoms with E-state index in [4.69, 9.17) is 4.74 Å². The Morgan fingerprint density at radius 1 is 1.23 bits per heavy atom. The predicted octanol–water partition coefficient (Wildman–Crippen LogP) is 2.62. The maximum absolute atomic E-state index is 11.8. The van der Waals surface area contributed by atoms with Crippen molar-refractivity contribution in [3.8, 4) is 0 Å². The van der Waals surface area contributed by atoms with Gasteiger partial charge in [0.05, 0.1) is 11.0 Å². The van der Waals surface area contributed by atoms with E-state index in [-0.39, 0.29) is 12.3 Å². The van der Waals surface area contributed by atoms with E-state index in [1.54, 1.807) is 25.2 Å². The summed E-state index contributed by atoms with van der Waals surface area (Å²) in [5.41, 5.74) is 2.72. The number of carbonyl (C=O) groups excluding carboxylic acids is 1. The standard InChI is InChI=1S/C16H15N3O3/c1-19-14-8-7-12(9-13(14)18-15(19)20)17-16(21)22-10-11-5-3-2-4-6-11/h2-9H,10H2,1H3,(H,17,21)(H,18,20). The lowest BCUT2D eigenvalue weighted by atomic mass is 10.2. The van der Waals surface area contributed by atoms with Gasteiger partial charge in [0.25, 0.3) is 0 Å². The summed E-state index contributed by atoms with van der Waals surface area (Å²) in [6, 6.07) is 14.6. The molecule has 0 fully saturated rings. The van der Waals surface area contributed by atoms with Gasteiger partial charge in [-0.25, -0.2) is 9.59 Å². The monoisotopic (exact) mass is 297 g/mol. The van der Waals surface area contributed by atoms with E-state index in [1.165, 1.54) is 4.57 Å². The van der Waals surface area contributed by atoms with Crippen molar-refractivity contribution < 1.29 is 9.53 Å². The molecule has 0 aliphatic heterocycles. The first-order chi connectivity index (χ1) is 10.6. The third kappa shape index (κ3) is 2.85. The zero-order valence-electron chi connectivity index (χ0n) is 12.0. The van der Waals surface area contributed by atoms with Gasteiger partial charge in [0.15, 0.2) is 0 Å². The normalized spacial score (nSPS) is 10.6. The largest absolute Gasteiger partial charge is 0.444 e. The topological polar surface area (TPSA) is 76.1 Å². The molecule has 0 aliphatic carbocycles. The van der Waals surface area contributed by atoms with Crippen molar-refractivity contribution in [2.45, 2.75) is 6.61 Å². The molecule has 1 amide bonds. The average molecular weight is 297 g/mol. The number of fused-ring (bicyclic) bond motifs is 1. The highest BCUT2D eigenvalue weighted by molar-refractivity contribution is 5.88. The predicted molar refractivity (Wildman–Crippen MR) is 83.8 cm³/mol. The van der Waals surface area contributed by atoms with Gasteiger partial charge >= 0.3 is 11.8 Å². The van der Waals surface area contributed by atoms with Crippen molar-refractivity contribution in [3.05, 3.63) is 64.6 Å². The summed E-state index contributed by atoms with van der Waals surface area (Å²) in [7, 11) is 1.68. The van der Waals surface area contributed by atoms with Crippen LogP contribution >= 0.6 is 0 Å². The molecule has 2 aromatic carbocycles. The number of nitrogens with one attached hydrogen (secondary N) is 2. The molecule has 0 unspecified atom stereocenters. The molecule has 22 heavy (non-hydrogen) atoms. The fourth-order valence-corrected chi connectivity index (χ4v) is 2.19. The Bertz CT molecular complexity index is 865. The van der Waals surface area contributed by atoms with Gasteiger partial charge < -0.3 is 9.72 Å². The number of imidazole rings is 1. The molecule has 0 spiro atoms. The smallest absolute Gasteiger partial charge is 0.411 e. The molecule has 0 atom stereocenters. The summed E-state index contributed by atoms with van der Waals surface area (Å²) >= 11 is 0. The second-order valence-corrected chi connectivity index (χ2v) is 4.91. The SMILES string of the molecule is Cn1c(=O)[nH]c2cc(NC(=O)OCc3ccccc3)ccc21. The fraction of sp³-hybridized carbons (Fsp3) is 0.125. The maximum atomic E-state index is 11.8. The number of aromatic nitrogens is 2. The molecule has 6 nitrogen and oxygen atoms in total. The van der Waals surface area contributed by atoms with Gasteiger partial charge in [-0.3, -0.25) is 9.88 Å². The van der Waals surface area contributed by atoms with Crippen LogP contribution in [0.25, 0.3) is 11.0 Å². The molecule has 3 aromatic rings. The minimum Gasteiger partial charge on any atom is -0.444 e. The Morgan fingerprint density at radius 3 is 2.77 bits per heavy atom. The first-order valence-corrected chi connectivity index (χ1v) is 6.80. The number of benzene rings is 2. The number of hydrogen-bond donors (Lipinski definition) is 2. The third-order valence-electron chi connectivity index (χ3n) is 3.36. The highest BCUT2D eigenvalue weighted by Crippen LogP contribution is 2.16. The molecule has 3 rings (SSSR count). The third-order valence-corrected chi connectivity index (χ3v) is 3.36. The van der Waals surface area contributed by atoms with Gasteiger partial charge in [0, 0.05) is 12.7 Å². The number of aromatic amines is 1. The van der Waals surface area contributed by atoms with Gasteiger partial charge in [-0.1, -0.05) is 30.3 Å². The van der Waals surface area contributed by atoms with E-state index in [0.29, 0.717) is 11.2 Å². The van der Waals surface area contributed by atoms with Gasteiger partial charge in [-0.05, 0) is 23.8 Å². The number of hydrogen-bond acceptors (Lipinski definition) is 3. The van der Waals surface area contributed by atoms with Crippen LogP contribution in [0.5, 0.6) is 0 Å². The van der Waals surface area contributed by atoms with Crippen LogP contribution in [-0.2, 0) is 18.4 Å². The van der Waals surface area contributed by atoms with Crippen LogP contribution in [0, 0.1) is 0 Å². The highest BCUT2D eigenvalue weighted by atomic mass is 16.5. The van der Waals surface area contributed by atoms with Crippen LogP contribution in [0.3, 0.4) is 0 Å². The van der Waals surface area contributed by atoms with Crippen molar-refractivity contribution in [2.24, 2.45) is 7.05 Å². The van der Waals surface area contributed by atoms with E-state index >= 15 is 0 Å². The summed E-state index contributed by atoms with van der Waals surface area (Å²) in [6.45, 7) is 0.205. The molecule has 0 saturated heterocycles. The second kappa shape index (κ2) is 5.77. The number of amides is 1. The van der Waals surface area contributed by atoms with Crippen molar-refractivity contribution in [2.75, 3.05) is 5.32 Å². The highest BCUT2D eigenvalue weighted by Gasteiger charge is 2.07. The van der Waals surface area contributed by atoms with Gasteiger partial charge in [-0.2, -0.15) is 0 Å². The molecule has 0 bridgehead atoms. The molecule has 0 saturated carbocycles. The van der Waals surface area contributed by atoms with Crippen LogP contribution in [0.4, 0.5) is 10.5 Å². The zero-order chi connectivity index (χ0) is 15.5. The van der Waals surface area contributed by atoms with Gasteiger partial charge in [0.2, 0.25) is 0 Å². The summed E-state index contributed by atoms with van der Waals surface area (Å²) in [4.78, 5) is 26.0. The summed E-state index contributed by atoms with van der Waals surface area (Å²) in [5, 5.41) is 2.64. The van der Waals surface area contributed by atoms with E-state index in [9.17, 15) is 9.59 Å². The van der Waals surface area contributed by atoms with Crippen LogP contribution in [-0.4, -0.2) is 15.6 Å². The molecule has 0 aliphatic rings. The number of aryl methyl sites for hydroxylation is 1. The van der Waals surface area contributed by atoms with Crippen LogP contribution in [0.2, 0.25) is 0 Å². The van der Waals surface area contributed by atoms with Crippen molar-refractivity contribution >= 4 is 22.8 Å². The first-order valence-electron chi connectivity index (χ1n) is 6.80. The summed E-state index contributed by atoms with van der Waals surface area (Å²) in [5.74, 6) is 0. The number of anilines is 1. The lowest BCUT2D eigenvalue weighted by Gasteiger charge is -2.07. The van der Waals surface area contributed by atoms with Crippen LogP contribution < -0.4 is 11.0 Å². The van der Waals surface area contributed by atoms with Crippen molar-refractivity contribution in [1.82, 2.24) is 9.55 Å². The number of ether oxygens (including phenoxy) is 1. The van der Waals surface area contributed by atoms with E-state index in [0.717, 1.165) is 11.1 Å². The molecular formula is C16H15N3O3. The molecular weight excluding hydrogens is 282 g/mol.